The van der Waals surface area contributed by atoms with E-state index < -0.39 is 17.6 Å². The molecular formula is C12H8ClF3N2O2. The smallest absolute Gasteiger partial charge is 0.349 e. The Labute approximate surface area is 116 Å². The van der Waals surface area contributed by atoms with Crippen LogP contribution in [0.25, 0.3) is 0 Å². The number of amides is 1. The molecule has 0 unspecified atom stereocenters. The number of alkyl halides is 3. The lowest BCUT2D eigenvalue weighted by molar-refractivity contribution is -0.137. The van der Waals surface area contributed by atoms with Crippen molar-refractivity contribution in [2.45, 2.75) is 13.1 Å². The van der Waals surface area contributed by atoms with Gasteiger partial charge in [-0.1, -0.05) is 22.8 Å². The van der Waals surface area contributed by atoms with Crippen LogP contribution >= 0.6 is 11.6 Å². The highest BCUT2D eigenvalue weighted by atomic mass is 35.5. The van der Waals surface area contributed by atoms with Gasteiger partial charge in [0, 0.05) is 5.69 Å². The molecule has 20 heavy (non-hydrogen) atoms. The molecule has 0 saturated heterocycles. The highest BCUT2D eigenvalue weighted by Gasteiger charge is 2.30. The van der Waals surface area contributed by atoms with Crippen LogP contribution in [0.15, 0.2) is 28.8 Å². The van der Waals surface area contributed by atoms with Crippen LogP contribution in [0, 0.1) is 6.92 Å². The standard InChI is InChI=1S/C12H8ClF3N2O2/c1-6-9(13)10(20-18-6)11(19)17-8-4-2-3-7(5-8)12(14,15)16/h2-5H,1H3,(H,17,19). The van der Waals surface area contributed by atoms with E-state index >= 15 is 0 Å². The van der Waals surface area contributed by atoms with Crippen molar-refractivity contribution >= 4 is 23.2 Å². The predicted octanol–water partition coefficient (Wildman–Crippen LogP) is 3.91. The zero-order valence-electron chi connectivity index (χ0n) is 10.1. The first-order chi connectivity index (χ1) is 9.29. The van der Waals surface area contributed by atoms with E-state index in [2.05, 4.69) is 10.5 Å². The molecule has 0 fully saturated rings. The molecule has 1 aromatic carbocycles. The molecule has 0 saturated carbocycles. The van der Waals surface area contributed by atoms with Crippen molar-refractivity contribution in [2.75, 3.05) is 5.32 Å². The summed E-state index contributed by atoms with van der Waals surface area (Å²) in [6, 6.07) is 4.23. The summed E-state index contributed by atoms with van der Waals surface area (Å²) in [4.78, 5) is 11.8. The Balaban J connectivity index is 2.22. The summed E-state index contributed by atoms with van der Waals surface area (Å²) in [6.45, 7) is 1.53. The molecular weight excluding hydrogens is 297 g/mol. The van der Waals surface area contributed by atoms with E-state index in [4.69, 9.17) is 16.1 Å². The summed E-state index contributed by atoms with van der Waals surface area (Å²) >= 11 is 5.78. The molecule has 0 aliphatic carbocycles. The molecule has 0 radical (unpaired) electrons. The molecule has 2 rings (SSSR count). The number of nitrogens with zero attached hydrogens (tertiary/aromatic N) is 1. The Morgan fingerprint density at radius 1 is 1.40 bits per heavy atom. The molecule has 0 aliphatic heterocycles. The Bertz CT molecular complexity index is 652. The minimum Gasteiger partial charge on any atom is -0.349 e. The summed E-state index contributed by atoms with van der Waals surface area (Å²) in [5.41, 5.74) is -0.564. The maximum Gasteiger partial charge on any atom is 0.416 e. The topological polar surface area (TPSA) is 55.1 Å². The Morgan fingerprint density at radius 2 is 2.10 bits per heavy atom. The van der Waals surface area contributed by atoms with Crippen molar-refractivity contribution in [3.8, 4) is 0 Å². The molecule has 0 bridgehead atoms. The summed E-state index contributed by atoms with van der Waals surface area (Å²) in [6.07, 6.45) is -4.48. The second kappa shape index (κ2) is 5.16. The molecule has 0 aliphatic rings. The zero-order valence-corrected chi connectivity index (χ0v) is 10.8. The number of halogens is 4. The maximum absolute atomic E-state index is 12.5. The molecule has 1 amide bonds. The number of benzene rings is 1. The second-order valence-corrected chi connectivity index (χ2v) is 4.32. The van der Waals surface area contributed by atoms with Crippen molar-refractivity contribution in [3.05, 3.63) is 46.3 Å². The van der Waals surface area contributed by atoms with Gasteiger partial charge in [0.05, 0.1) is 11.3 Å². The fourth-order valence-corrected chi connectivity index (χ4v) is 1.62. The van der Waals surface area contributed by atoms with Gasteiger partial charge < -0.3 is 9.84 Å². The van der Waals surface area contributed by atoms with Gasteiger partial charge >= 0.3 is 6.18 Å². The lowest BCUT2D eigenvalue weighted by Crippen LogP contribution is -2.13. The maximum atomic E-state index is 12.5. The third-order valence-electron chi connectivity index (χ3n) is 2.44. The summed E-state index contributed by atoms with van der Waals surface area (Å²) < 4.78 is 42.3. The molecule has 1 aromatic heterocycles. The van der Waals surface area contributed by atoms with Gasteiger partial charge in [0.2, 0.25) is 5.76 Å². The first kappa shape index (κ1) is 14.4. The van der Waals surface area contributed by atoms with Crippen molar-refractivity contribution in [1.29, 1.82) is 0 Å². The Hall–Kier alpha value is -2.02. The zero-order chi connectivity index (χ0) is 14.9. The van der Waals surface area contributed by atoms with Crippen LogP contribution in [0.1, 0.15) is 21.8 Å². The van der Waals surface area contributed by atoms with Gasteiger partial charge in [-0.2, -0.15) is 13.2 Å². The van der Waals surface area contributed by atoms with Gasteiger partial charge in [-0.15, -0.1) is 0 Å². The fourth-order valence-electron chi connectivity index (χ4n) is 1.46. The van der Waals surface area contributed by atoms with Gasteiger partial charge in [-0.25, -0.2) is 0 Å². The number of hydrogen-bond acceptors (Lipinski definition) is 3. The van der Waals surface area contributed by atoms with Crippen molar-refractivity contribution in [3.63, 3.8) is 0 Å². The minimum atomic E-state index is -4.48. The predicted molar refractivity (Wildman–Crippen MR) is 65.6 cm³/mol. The van der Waals surface area contributed by atoms with Crippen LogP contribution in [-0.4, -0.2) is 11.1 Å². The highest BCUT2D eigenvalue weighted by Crippen LogP contribution is 2.31. The first-order valence-corrected chi connectivity index (χ1v) is 5.77. The van der Waals surface area contributed by atoms with Crippen LogP contribution in [0.5, 0.6) is 0 Å². The number of hydrogen-bond donors (Lipinski definition) is 1. The number of anilines is 1. The molecule has 4 nitrogen and oxygen atoms in total. The average molecular weight is 305 g/mol. The normalized spacial score (nSPS) is 11.4. The number of rotatable bonds is 2. The lowest BCUT2D eigenvalue weighted by atomic mass is 10.2. The monoisotopic (exact) mass is 304 g/mol. The van der Waals surface area contributed by atoms with Crippen LogP contribution in [-0.2, 0) is 6.18 Å². The Morgan fingerprint density at radius 3 is 2.65 bits per heavy atom. The lowest BCUT2D eigenvalue weighted by Gasteiger charge is -2.09. The third-order valence-corrected chi connectivity index (χ3v) is 2.89. The van der Waals surface area contributed by atoms with Gasteiger partial charge in [-0.3, -0.25) is 4.79 Å². The molecule has 1 heterocycles. The average Bonchev–Trinajstić information content (AvgIpc) is 2.69. The van der Waals surface area contributed by atoms with E-state index in [0.29, 0.717) is 5.69 Å². The van der Waals surface area contributed by atoms with Gasteiger partial charge in [0.15, 0.2) is 0 Å². The van der Waals surface area contributed by atoms with E-state index in [9.17, 15) is 18.0 Å². The van der Waals surface area contributed by atoms with Crippen LogP contribution in [0.4, 0.5) is 18.9 Å². The molecule has 0 atom stereocenters. The van der Waals surface area contributed by atoms with Crippen molar-refractivity contribution in [1.82, 2.24) is 5.16 Å². The van der Waals surface area contributed by atoms with Crippen LogP contribution < -0.4 is 5.32 Å². The third kappa shape index (κ3) is 2.93. The molecule has 2 aromatic rings. The first-order valence-electron chi connectivity index (χ1n) is 5.39. The number of aryl methyl sites for hydroxylation is 1. The largest absolute Gasteiger partial charge is 0.416 e. The van der Waals surface area contributed by atoms with Crippen LogP contribution in [0.3, 0.4) is 0 Å². The summed E-state index contributed by atoms with van der Waals surface area (Å²) in [5, 5.41) is 5.78. The second-order valence-electron chi connectivity index (χ2n) is 3.94. The van der Waals surface area contributed by atoms with E-state index in [1.807, 2.05) is 0 Å². The minimum absolute atomic E-state index is 0.0186. The van der Waals surface area contributed by atoms with E-state index in [-0.39, 0.29) is 16.5 Å². The van der Waals surface area contributed by atoms with Gasteiger partial charge in [-0.05, 0) is 25.1 Å². The summed E-state index contributed by atoms with van der Waals surface area (Å²) in [5.74, 6) is -1.02. The number of nitrogens with one attached hydrogen (secondary N) is 1. The van der Waals surface area contributed by atoms with E-state index in [1.54, 1.807) is 0 Å². The van der Waals surface area contributed by atoms with Crippen LogP contribution in [0.2, 0.25) is 5.02 Å². The van der Waals surface area contributed by atoms with Crippen molar-refractivity contribution in [2.24, 2.45) is 0 Å². The Kier molecular flexibility index (Phi) is 3.71. The quantitative estimate of drug-likeness (QED) is 0.915. The number of carbonyl (C=O) groups excluding carboxylic acids is 1. The molecule has 1 N–H and O–H groups in total. The fraction of sp³-hybridized carbons (Fsp3) is 0.167. The highest BCUT2D eigenvalue weighted by molar-refractivity contribution is 6.34. The number of carbonyl (C=O) groups is 1. The molecule has 0 spiro atoms. The van der Waals surface area contributed by atoms with Gasteiger partial charge in [0.1, 0.15) is 5.02 Å². The SMILES string of the molecule is Cc1noc(C(=O)Nc2cccc(C(F)(F)F)c2)c1Cl. The van der Waals surface area contributed by atoms with Gasteiger partial charge in [0.25, 0.3) is 5.91 Å². The molecule has 8 heteroatoms. The number of aromatic nitrogens is 1. The molecule has 106 valence electrons. The van der Waals surface area contributed by atoms with E-state index in [1.165, 1.54) is 19.1 Å². The van der Waals surface area contributed by atoms with E-state index in [0.717, 1.165) is 12.1 Å². The summed E-state index contributed by atoms with van der Waals surface area (Å²) in [7, 11) is 0. The van der Waals surface area contributed by atoms with Crippen molar-refractivity contribution < 1.29 is 22.5 Å².